The van der Waals surface area contributed by atoms with Crippen LogP contribution in [0.15, 0.2) is 42.5 Å². The lowest BCUT2D eigenvalue weighted by molar-refractivity contribution is -0.227. The topological polar surface area (TPSA) is 72.5 Å². The standard InChI is InChI=1S/C27H40O7/c1-29-24(28)16-10-5-4-9-15-21-22(33-20-13-7-6-8-14-20)19-23(26(21)27(30-2)31-3)34-25-17-11-12-18-32-25/h4,6-9,13-14,21-23,25-27H,5,10-12,15-19H2,1-3H3/t21-,22+,23+,25?,26+/m0/s1. The van der Waals surface area contributed by atoms with Gasteiger partial charge < -0.3 is 28.4 Å². The zero-order valence-corrected chi connectivity index (χ0v) is 20.7. The fourth-order valence-electron chi connectivity index (χ4n) is 4.99. The van der Waals surface area contributed by atoms with Crippen LogP contribution in [0.4, 0.5) is 0 Å². The molecule has 1 aromatic carbocycles. The molecule has 1 aromatic rings. The van der Waals surface area contributed by atoms with E-state index in [0.717, 1.165) is 57.3 Å². The first-order valence-corrected chi connectivity index (χ1v) is 12.4. The second-order valence-electron chi connectivity index (χ2n) is 8.93. The Labute approximate surface area is 203 Å². The van der Waals surface area contributed by atoms with Gasteiger partial charge in [0.15, 0.2) is 12.6 Å². The number of para-hydroxylation sites is 1. The van der Waals surface area contributed by atoms with E-state index in [4.69, 9.17) is 28.4 Å². The lowest BCUT2D eigenvalue weighted by Crippen LogP contribution is -2.39. The van der Waals surface area contributed by atoms with Crippen molar-refractivity contribution in [3.63, 3.8) is 0 Å². The summed E-state index contributed by atoms with van der Waals surface area (Å²) in [6.07, 6.45) is 10.2. The molecule has 34 heavy (non-hydrogen) atoms. The summed E-state index contributed by atoms with van der Waals surface area (Å²) in [7, 11) is 4.77. The summed E-state index contributed by atoms with van der Waals surface area (Å²) in [5, 5.41) is 0. The molecular weight excluding hydrogens is 436 g/mol. The Kier molecular flexibility index (Phi) is 11.3. The fraction of sp³-hybridized carbons (Fsp3) is 0.667. The van der Waals surface area contributed by atoms with Gasteiger partial charge in [0.2, 0.25) is 0 Å². The van der Waals surface area contributed by atoms with Crippen LogP contribution >= 0.6 is 0 Å². The number of unbranched alkanes of at least 4 members (excludes halogenated alkanes) is 1. The Balaban J connectivity index is 1.73. The van der Waals surface area contributed by atoms with E-state index in [9.17, 15) is 4.79 Å². The van der Waals surface area contributed by atoms with Crippen LogP contribution in [0.2, 0.25) is 0 Å². The maximum absolute atomic E-state index is 11.3. The zero-order valence-electron chi connectivity index (χ0n) is 20.7. The molecule has 1 unspecified atom stereocenters. The highest BCUT2D eigenvalue weighted by atomic mass is 16.7. The molecule has 1 saturated carbocycles. The molecule has 1 aliphatic heterocycles. The van der Waals surface area contributed by atoms with Crippen molar-refractivity contribution in [2.75, 3.05) is 27.9 Å². The van der Waals surface area contributed by atoms with Gasteiger partial charge in [-0.3, -0.25) is 4.79 Å². The van der Waals surface area contributed by atoms with Crippen LogP contribution in [-0.2, 0) is 28.5 Å². The number of ether oxygens (including phenoxy) is 6. The summed E-state index contributed by atoms with van der Waals surface area (Å²) < 4.78 is 35.0. The van der Waals surface area contributed by atoms with E-state index in [1.165, 1.54) is 7.11 Å². The quantitative estimate of drug-likeness (QED) is 0.174. The van der Waals surface area contributed by atoms with E-state index in [0.29, 0.717) is 6.42 Å². The number of hydrogen-bond acceptors (Lipinski definition) is 7. The van der Waals surface area contributed by atoms with Crippen LogP contribution in [0, 0.1) is 11.8 Å². The van der Waals surface area contributed by atoms with E-state index < -0.39 is 6.29 Å². The van der Waals surface area contributed by atoms with E-state index in [-0.39, 0.29) is 36.3 Å². The first-order chi connectivity index (χ1) is 16.7. The summed E-state index contributed by atoms with van der Waals surface area (Å²) in [6, 6.07) is 9.91. The van der Waals surface area contributed by atoms with Gasteiger partial charge in [-0.05, 0) is 50.7 Å². The number of carbonyl (C=O) groups is 1. The molecule has 0 amide bonds. The third-order valence-electron chi connectivity index (χ3n) is 6.69. The van der Waals surface area contributed by atoms with Gasteiger partial charge in [-0.15, -0.1) is 0 Å². The molecule has 3 rings (SSSR count). The fourth-order valence-corrected chi connectivity index (χ4v) is 4.99. The number of rotatable bonds is 13. The maximum atomic E-state index is 11.3. The van der Waals surface area contributed by atoms with Gasteiger partial charge in [0.05, 0.1) is 13.2 Å². The molecule has 2 fully saturated rings. The Morgan fingerprint density at radius 2 is 1.88 bits per heavy atom. The van der Waals surface area contributed by atoms with Crippen molar-refractivity contribution >= 4 is 5.97 Å². The molecule has 0 spiro atoms. The molecule has 2 aliphatic rings. The summed E-state index contributed by atoms with van der Waals surface area (Å²) >= 11 is 0. The molecule has 1 heterocycles. The minimum Gasteiger partial charge on any atom is -0.490 e. The van der Waals surface area contributed by atoms with Crippen molar-refractivity contribution < 1.29 is 33.2 Å². The van der Waals surface area contributed by atoms with Gasteiger partial charge in [-0.2, -0.15) is 0 Å². The van der Waals surface area contributed by atoms with Crippen molar-refractivity contribution in [1.82, 2.24) is 0 Å². The van der Waals surface area contributed by atoms with E-state index in [2.05, 4.69) is 12.2 Å². The van der Waals surface area contributed by atoms with Crippen LogP contribution in [0.1, 0.15) is 51.4 Å². The van der Waals surface area contributed by atoms with Gasteiger partial charge >= 0.3 is 5.97 Å². The minimum absolute atomic E-state index is 0.00559. The number of allylic oxidation sites excluding steroid dienone is 2. The SMILES string of the molecule is COC(=O)CCCC=CC[C@@H]1[C@@H](C(OC)OC)[C@H](OC2CCCCO2)C[C@H]1Oc1ccccc1. The lowest BCUT2D eigenvalue weighted by Gasteiger charge is -2.33. The molecular formula is C27H40O7. The highest BCUT2D eigenvalue weighted by Crippen LogP contribution is 2.43. The van der Waals surface area contributed by atoms with E-state index in [1.54, 1.807) is 14.2 Å². The molecule has 1 aliphatic carbocycles. The van der Waals surface area contributed by atoms with Gasteiger partial charge in [-0.25, -0.2) is 0 Å². The van der Waals surface area contributed by atoms with Crippen LogP contribution in [0.25, 0.3) is 0 Å². The predicted molar refractivity (Wildman–Crippen MR) is 128 cm³/mol. The molecule has 5 atom stereocenters. The number of hydrogen-bond donors (Lipinski definition) is 0. The van der Waals surface area contributed by atoms with Crippen molar-refractivity contribution in [1.29, 1.82) is 0 Å². The second-order valence-corrected chi connectivity index (χ2v) is 8.93. The Morgan fingerprint density at radius 3 is 2.56 bits per heavy atom. The van der Waals surface area contributed by atoms with Crippen LogP contribution in [0.5, 0.6) is 5.75 Å². The maximum Gasteiger partial charge on any atom is 0.305 e. The van der Waals surface area contributed by atoms with Gasteiger partial charge in [0.25, 0.3) is 0 Å². The third kappa shape index (κ3) is 7.80. The largest absolute Gasteiger partial charge is 0.490 e. The van der Waals surface area contributed by atoms with Gasteiger partial charge in [0.1, 0.15) is 11.9 Å². The van der Waals surface area contributed by atoms with E-state index >= 15 is 0 Å². The summed E-state index contributed by atoms with van der Waals surface area (Å²) in [5.41, 5.74) is 0. The summed E-state index contributed by atoms with van der Waals surface area (Å²) in [5.74, 6) is 0.803. The van der Waals surface area contributed by atoms with Crippen LogP contribution in [0.3, 0.4) is 0 Å². The van der Waals surface area contributed by atoms with Crippen molar-refractivity contribution in [2.45, 2.75) is 76.2 Å². The zero-order chi connectivity index (χ0) is 24.2. The second kappa shape index (κ2) is 14.5. The molecule has 7 heteroatoms. The predicted octanol–water partition coefficient (Wildman–Crippen LogP) is 4.89. The van der Waals surface area contributed by atoms with Crippen molar-refractivity contribution in [2.24, 2.45) is 11.8 Å². The molecule has 0 bridgehead atoms. The van der Waals surface area contributed by atoms with Crippen LogP contribution < -0.4 is 4.74 Å². The monoisotopic (exact) mass is 476 g/mol. The first-order valence-electron chi connectivity index (χ1n) is 12.4. The highest BCUT2D eigenvalue weighted by molar-refractivity contribution is 5.69. The Hall–Kier alpha value is -1.93. The average Bonchev–Trinajstić information content (AvgIpc) is 3.19. The minimum atomic E-state index is -0.407. The normalized spacial score (nSPS) is 27.4. The Morgan fingerprint density at radius 1 is 1.09 bits per heavy atom. The third-order valence-corrected chi connectivity index (χ3v) is 6.69. The van der Waals surface area contributed by atoms with Crippen molar-refractivity contribution in [3.8, 4) is 5.75 Å². The molecule has 1 saturated heterocycles. The first kappa shape index (κ1) is 26.7. The Bertz CT molecular complexity index is 728. The van der Waals surface area contributed by atoms with Gasteiger partial charge in [-0.1, -0.05) is 30.4 Å². The molecule has 0 radical (unpaired) electrons. The molecule has 0 N–H and O–H groups in total. The van der Waals surface area contributed by atoms with Gasteiger partial charge in [0, 0.05) is 45.5 Å². The molecule has 7 nitrogen and oxygen atoms in total. The summed E-state index contributed by atoms with van der Waals surface area (Å²) in [6.45, 7) is 0.738. The van der Waals surface area contributed by atoms with Crippen molar-refractivity contribution in [3.05, 3.63) is 42.5 Å². The smallest absolute Gasteiger partial charge is 0.305 e. The van der Waals surface area contributed by atoms with E-state index in [1.807, 2.05) is 30.3 Å². The number of esters is 1. The molecule has 190 valence electrons. The summed E-state index contributed by atoms with van der Waals surface area (Å²) in [4.78, 5) is 11.3. The number of carbonyl (C=O) groups excluding carboxylic acids is 1. The lowest BCUT2D eigenvalue weighted by atomic mass is 9.89. The van der Waals surface area contributed by atoms with Crippen LogP contribution in [-0.4, -0.2) is 58.7 Å². The highest BCUT2D eigenvalue weighted by Gasteiger charge is 2.49. The molecule has 0 aromatic heterocycles. The number of benzene rings is 1. The average molecular weight is 477 g/mol. The number of methoxy groups -OCH3 is 3.